The predicted molar refractivity (Wildman–Crippen MR) is 70.3 cm³/mol. The molecule has 1 aromatic heterocycles. The molecule has 1 heterocycles. The van der Waals surface area contributed by atoms with Crippen molar-refractivity contribution < 1.29 is 22.7 Å². The van der Waals surface area contributed by atoms with Gasteiger partial charge in [0.25, 0.3) is 5.91 Å². The summed E-state index contributed by atoms with van der Waals surface area (Å²) < 4.78 is 28.5. The molecular formula is C11H17N3O5S. The molecule has 3 N–H and O–H groups in total. The van der Waals surface area contributed by atoms with Crippen molar-refractivity contribution in [3.8, 4) is 0 Å². The Hall–Kier alpha value is -1.87. The molecule has 1 aromatic rings. The van der Waals surface area contributed by atoms with Gasteiger partial charge in [0.05, 0.1) is 6.61 Å². The van der Waals surface area contributed by atoms with Gasteiger partial charge in [-0.2, -0.15) is 0 Å². The van der Waals surface area contributed by atoms with Crippen LogP contribution in [0.25, 0.3) is 0 Å². The molecular weight excluding hydrogens is 286 g/mol. The summed E-state index contributed by atoms with van der Waals surface area (Å²) in [6.45, 7) is 3.33. The third kappa shape index (κ3) is 3.81. The fourth-order valence-electron chi connectivity index (χ4n) is 1.51. The van der Waals surface area contributed by atoms with Gasteiger partial charge in [-0.15, -0.1) is 0 Å². The van der Waals surface area contributed by atoms with E-state index < -0.39 is 27.9 Å². The highest BCUT2D eigenvalue weighted by atomic mass is 32.2. The van der Waals surface area contributed by atoms with Gasteiger partial charge in [-0.25, -0.2) is 18.4 Å². The largest absolute Gasteiger partial charge is 0.464 e. The second-order valence-electron chi connectivity index (χ2n) is 4.16. The van der Waals surface area contributed by atoms with Crippen molar-refractivity contribution in [2.24, 2.45) is 12.2 Å². The quantitative estimate of drug-likeness (QED) is 0.700. The number of carbonyl (C=O) groups excluding carboxylic acids is 2. The molecule has 0 saturated heterocycles. The van der Waals surface area contributed by atoms with Gasteiger partial charge < -0.3 is 14.6 Å². The molecule has 0 aliphatic rings. The molecule has 0 aliphatic heterocycles. The highest BCUT2D eigenvalue weighted by Gasteiger charge is 2.21. The number of amides is 1. The first-order chi connectivity index (χ1) is 9.16. The Balaban J connectivity index is 2.89. The molecule has 20 heavy (non-hydrogen) atoms. The van der Waals surface area contributed by atoms with Crippen LogP contribution >= 0.6 is 0 Å². The molecule has 9 heteroatoms. The van der Waals surface area contributed by atoms with E-state index in [2.05, 4.69) is 5.32 Å². The minimum Gasteiger partial charge on any atom is -0.464 e. The van der Waals surface area contributed by atoms with Gasteiger partial charge in [0, 0.05) is 13.2 Å². The second-order valence-corrected chi connectivity index (χ2v) is 5.73. The van der Waals surface area contributed by atoms with E-state index in [0.717, 1.165) is 6.07 Å². The number of nitrogens with zero attached hydrogens (tertiary/aromatic N) is 1. The number of hydrogen-bond donors (Lipinski definition) is 2. The number of esters is 1. The fraction of sp³-hybridized carbons (Fsp3) is 0.455. The summed E-state index contributed by atoms with van der Waals surface area (Å²) in [5, 5.41) is 7.40. The number of aromatic nitrogens is 1. The van der Waals surface area contributed by atoms with Crippen molar-refractivity contribution >= 4 is 21.9 Å². The Morgan fingerprint density at radius 3 is 2.55 bits per heavy atom. The molecule has 0 bridgehead atoms. The SMILES string of the molecule is CCOC(=O)C(C)NC(=O)c1cc(S(N)(=O)=O)cn1C. The van der Waals surface area contributed by atoms with E-state index >= 15 is 0 Å². The topological polar surface area (TPSA) is 120 Å². The van der Waals surface area contributed by atoms with E-state index in [1.54, 1.807) is 6.92 Å². The van der Waals surface area contributed by atoms with Crippen LogP contribution in [0.5, 0.6) is 0 Å². The van der Waals surface area contributed by atoms with Crippen LogP contribution in [-0.4, -0.2) is 37.5 Å². The predicted octanol–water partition coefficient (Wildman–Crippen LogP) is -0.646. The number of ether oxygens (including phenoxy) is 1. The molecule has 0 fully saturated rings. The summed E-state index contributed by atoms with van der Waals surface area (Å²) in [4.78, 5) is 23.2. The zero-order valence-electron chi connectivity index (χ0n) is 11.4. The number of sulfonamides is 1. The average Bonchev–Trinajstić information content (AvgIpc) is 2.71. The van der Waals surface area contributed by atoms with Crippen LogP contribution in [0.4, 0.5) is 0 Å². The summed E-state index contributed by atoms with van der Waals surface area (Å²) in [5.74, 6) is -1.16. The third-order valence-electron chi connectivity index (χ3n) is 2.53. The van der Waals surface area contributed by atoms with E-state index in [4.69, 9.17) is 9.88 Å². The second kappa shape index (κ2) is 6.06. The molecule has 1 rings (SSSR count). The van der Waals surface area contributed by atoms with Crippen LogP contribution in [0.2, 0.25) is 0 Å². The lowest BCUT2D eigenvalue weighted by molar-refractivity contribution is -0.144. The maximum absolute atomic E-state index is 11.9. The normalized spacial score (nSPS) is 12.8. The third-order valence-corrected chi connectivity index (χ3v) is 3.41. The van der Waals surface area contributed by atoms with E-state index in [-0.39, 0.29) is 17.2 Å². The maximum Gasteiger partial charge on any atom is 0.328 e. The molecule has 0 saturated carbocycles. The first-order valence-corrected chi connectivity index (χ1v) is 7.38. The Bertz CT molecular complexity index is 620. The van der Waals surface area contributed by atoms with Gasteiger partial charge >= 0.3 is 5.97 Å². The van der Waals surface area contributed by atoms with E-state index in [1.165, 1.54) is 24.7 Å². The van der Waals surface area contributed by atoms with Crippen LogP contribution in [0.3, 0.4) is 0 Å². The maximum atomic E-state index is 11.9. The zero-order chi connectivity index (χ0) is 15.5. The van der Waals surface area contributed by atoms with Crippen LogP contribution in [0, 0.1) is 0 Å². The van der Waals surface area contributed by atoms with Gasteiger partial charge in [0.2, 0.25) is 10.0 Å². The van der Waals surface area contributed by atoms with Crippen LogP contribution in [0.1, 0.15) is 24.3 Å². The monoisotopic (exact) mass is 303 g/mol. The van der Waals surface area contributed by atoms with Crippen molar-refractivity contribution in [1.29, 1.82) is 0 Å². The lowest BCUT2D eigenvalue weighted by Crippen LogP contribution is -2.40. The standard InChI is InChI=1S/C11H17N3O5S/c1-4-19-11(16)7(2)13-10(15)9-5-8(6-14(9)3)20(12,17)18/h5-7H,4H2,1-3H3,(H,13,15)(H2,12,17,18). The smallest absolute Gasteiger partial charge is 0.328 e. The number of carbonyl (C=O) groups is 2. The summed E-state index contributed by atoms with van der Waals surface area (Å²) in [5.41, 5.74) is 0.0742. The molecule has 8 nitrogen and oxygen atoms in total. The number of rotatable bonds is 5. The minimum absolute atomic E-state index is 0.0742. The van der Waals surface area contributed by atoms with Crippen molar-refractivity contribution in [1.82, 2.24) is 9.88 Å². The van der Waals surface area contributed by atoms with Gasteiger partial charge in [0.1, 0.15) is 16.6 Å². The van der Waals surface area contributed by atoms with Crippen molar-refractivity contribution in [3.63, 3.8) is 0 Å². The van der Waals surface area contributed by atoms with Crippen molar-refractivity contribution in [2.45, 2.75) is 24.8 Å². The molecule has 0 radical (unpaired) electrons. The molecule has 0 aliphatic carbocycles. The number of nitrogens with two attached hydrogens (primary N) is 1. The first kappa shape index (κ1) is 16.2. The highest BCUT2D eigenvalue weighted by Crippen LogP contribution is 2.11. The number of aryl methyl sites for hydroxylation is 1. The molecule has 1 unspecified atom stereocenters. The molecule has 112 valence electrons. The lowest BCUT2D eigenvalue weighted by atomic mass is 10.3. The van der Waals surface area contributed by atoms with Gasteiger partial charge in [0.15, 0.2) is 0 Å². The number of primary sulfonamides is 1. The Labute approximate surface area is 116 Å². The summed E-state index contributed by atoms with van der Waals surface area (Å²) in [6, 6.07) is 0.304. The molecule has 0 aromatic carbocycles. The molecule has 1 atom stereocenters. The first-order valence-electron chi connectivity index (χ1n) is 5.83. The van der Waals surface area contributed by atoms with E-state index in [9.17, 15) is 18.0 Å². The summed E-state index contributed by atoms with van der Waals surface area (Å²) in [6.07, 6.45) is 1.22. The number of nitrogens with one attached hydrogen (secondary N) is 1. The summed E-state index contributed by atoms with van der Waals surface area (Å²) in [7, 11) is -2.39. The van der Waals surface area contributed by atoms with Gasteiger partial charge in [-0.05, 0) is 19.9 Å². The van der Waals surface area contributed by atoms with Crippen LogP contribution in [-0.2, 0) is 26.6 Å². The van der Waals surface area contributed by atoms with Crippen molar-refractivity contribution in [2.75, 3.05) is 6.61 Å². The molecule has 0 spiro atoms. The zero-order valence-corrected chi connectivity index (χ0v) is 12.2. The average molecular weight is 303 g/mol. The van der Waals surface area contributed by atoms with Gasteiger partial charge in [-0.1, -0.05) is 0 Å². The van der Waals surface area contributed by atoms with E-state index in [1.807, 2.05) is 0 Å². The van der Waals surface area contributed by atoms with Crippen LogP contribution < -0.4 is 10.5 Å². The van der Waals surface area contributed by atoms with Crippen molar-refractivity contribution in [3.05, 3.63) is 18.0 Å². The lowest BCUT2D eigenvalue weighted by Gasteiger charge is -2.12. The molecule has 1 amide bonds. The van der Waals surface area contributed by atoms with Crippen LogP contribution in [0.15, 0.2) is 17.2 Å². The fourth-order valence-corrected chi connectivity index (χ4v) is 2.09. The van der Waals surface area contributed by atoms with Gasteiger partial charge in [-0.3, -0.25) is 4.79 Å². The Morgan fingerprint density at radius 1 is 1.50 bits per heavy atom. The highest BCUT2D eigenvalue weighted by molar-refractivity contribution is 7.89. The Morgan fingerprint density at radius 2 is 2.10 bits per heavy atom. The number of hydrogen-bond acceptors (Lipinski definition) is 5. The van der Waals surface area contributed by atoms with E-state index in [0.29, 0.717) is 0 Å². The minimum atomic E-state index is -3.88. The Kier molecular flexibility index (Phi) is 4.90. The summed E-state index contributed by atoms with van der Waals surface area (Å²) >= 11 is 0.